The van der Waals surface area contributed by atoms with Crippen LogP contribution in [0.15, 0.2) is 57.7 Å². The molecule has 0 N–H and O–H groups in total. The molecule has 1 atom stereocenters. The van der Waals surface area contributed by atoms with E-state index in [0.29, 0.717) is 16.2 Å². The molecular formula is C20H21N2O2PS. The summed E-state index contributed by atoms with van der Waals surface area (Å²) in [5.74, 6) is 0. The maximum atomic E-state index is 12.5. The fourth-order valence-corrected chi connectivity index (χ4v) is 3.99. The van der Waals surface area contributed by atoms with Gasteiger partial charge in [0.1, 0.15) is 10.6 Å². The van der Waals surface area contributed by atoms with Crippen molar-refractivity contribution in [2.24, 2.45) is 0 Å². The first kappa shape index (κ1) is 18.6. The average Bonchev–Trinajstić information content (AvgIpc) is 3.06. The predicted octanol–water partition coefficient (Wildman–Crippen LogP) is 4.97. The summed E-state index contributed by atoms with van der Waals surface area (Å²) in [4.78, 5) is 19.3. The molecule has 0 aliphatic rings. The summed E-state index contributed by atoms with van der Waals surface area (Å²) in [5, 5.41) is 1.61. The van der Waals surface area contributed by atoms with Gasteiger partial charge >= 0.3 is 5.63 Å². The molecule has 2 aromatic carbocycles. The smallest absolute Gasteiger partial charge is 0.346 e. The van der Waals surface area contributed by atoms with Gasteiger partial charge in [0.25, 0.3) is 0 Å². The minimum absolute atomic E-state index is 0. The number of nitrogens with zero attached hydrogens (tertiary/aromatic N) is 2. The Morgan fingerprint density at radius 1 is 1.08 bits per heavy atom. The molecule has 0 fully saturated rings. The highest BCUT2D eigenvalue weighted by Gasteiger charge is 2.13. The third kappa shape index (κ3) is 3.25. The molecule has 2 heterocycles. The minimum atomic E-state index is -0.344. The summed E-state index contributed by atoms with van der Waals surface area (Å²) in [6, 6.07) is 15.8. The van der Waals surface area contributed by atoms with E-state index in [-0.39, 0.29) is 15.5 Å². The maximum Gasteiger partial charge on any atom is 0.346 e. The summed E-state index contributed by atoms with van der Waals surface area (Å²) in [5.41, 5.74) is 2.75. The van der Waals surface area contributed by atoms with Crippen LogP contribution in [-0.4, -0.2) is 18.1 Å². The topological polar surface area (TPSA) is 46.3 Å². The lowest BCUT2D eigenvalue weighted by atomic mass is 10.1. The molecular weight excluding hydrogens is 363 g/mol. The molecule has 0 bridgehead atoms. The number of aromatic nitrogens is 1. The zero-order valence-corrected chi connectivity index (χ0v) is 17.1. The summed E-state index contributed by atoms with van der Waals surface area (Å²) < 4.78 is 6.67. The van der Waals surface area contributed by atoms with Crippen molar-refractivity contribution < 1.29 is 4.42 Å². The quantitative estimate of drug-likeness (QED) is 0.368. The number of anilines is 1. The van der Waals surface area contributed by atoms with Crippen LogP contribution >= 0.6 is 21.2 Å². The number of para-hydroxylation sites is 1. The highest BCUT2D eigenvalue weighted by Crippen LogP contribution is 2.30. The SMILES string of the molecule is CCN(CC)c1ccc2cc(-c3nc4ccccc4s3)c(=O)oc2c1.P. The molecule has 4 nitrogen and oxygen atoms in total. The highest BCUT2D eigenvalue weighted by molar-refractivity contribution is 7.21. The minimum Gasteiger partial charge on any atom is -0.422 e. The first-order valence-electron chi connectivity index (χ1n) is 8.38. The van der Waals surface area contributed by atoms with Crippen molar-refractivity contribution in [2.45, 2.75) is 13.8 Å². The Morgan fingerprint density at radius 3 is 2.58 bits per heavy atom. The predicted molar refractivity (Wildman–Crippen MR) is 116 cm³/mol. The van der Waals surface area contributed by atoms with Crippen LogP contribution in [0.3, 0.4) is 0 Å². The molecule has 1 unspecified atom stereocenters. The Bertz CT molecular complexity index is 1080. The van der Waals surface area contributed by atoms with E-state index in [2.05, 4.69) is 29.8 Å². The van der Waals surface area contributed by atoms with E-state index in [1.807, 2.05) is 42.5 Å². The molecule has 0 aliphatic carbocycles. The van der Waals surface area contributed by atoms with Crippen molar-refractivity contribution >= 4 is 48.1 Å². The van der Waals surface area contributed by atoms with Gasteiger partial charge in [0.2, 0.25) is 0 Å². The molecule has 26 heavy (non-hydrogen) atoms. The van der Waals surface area contributed by atoms with Crippen LogP contribution < -0.4 is 10.5 Å². The van der Waals surface area contributed by atoms with Crippen molar-refractivity contribution in [3.8, 4) is 10.6 Å². The molecule has 4 rings (SSSR count). The molecule has 0 amide bonds. The first-order valence-corrected chi connectivity index (χ1v) is 9.20. The van der Waals surface area contributed by atoms with Gasteiger partial charge in [-0.05, 0) is 44.2 Å². The van der Waals surface area contributed by atoms with Crippen molar-refractivity contribution in [3.05, 3.63) is 59.0 Å². The third-order valence-electron chi connectivity index (χ3n) is 4.37. The van der Waals surface area contributed by atoms with Crippen LogP contribution in [0.5, 0.6) is 0 Å². The van der Waals surface area contributed by atoms with Crippen molar-refractivity contribution in [2.75, 3.05) is 18.0 Å². The second-order valence-corrected chi connectivity index (χ2v) is 6.86. The standard InChI is InChI=1S/C20H18N2O2S.H3P/c1-3-22(4-2)14-10-9-13-11-15(20(23)24-17(13)12-14)19-21-16-7-5-6-8-18(16)25-19;/h5-12H,3-4H2,1-2H3;1H3. The van der Waals surface area contributed by atoms with Crippen molar-refractivity contribution in [1.29, 1.82) is 0 Å². The fraction of sp³-hybridized carbons (Fsp3) is 0.200. The van der Waals surface area contributed by atoms with E-state index < -0.39 is 0 Å². The second-order valence-electron chi connectivity index (χ2n) is 5.83. The van der Waals surface area contributed by atoms with Gasteiger partial charge in [-0.2, -0.15) is 9.90 Å². The van der Waals surface area contributed by atoms with Gasteiger partial charge in [-0.15, -0.1) is 11.3 Å². The molecule has 0 aliphatic heterocycles. The third-order valence-corrected chi connectivity index (χ3v) is 5.44. The lowest BCUT2D eigenvalue weighted by molar-refractivity contribution is 0.563. The fourth-order valence-electron chi connectivity index (χ4n) is 3.02. The number of fused-ring (bicyclic) bond motifs is 2. The number of benzene rings is 2. The van der Waals surface area contributed by atoms with Crippen LogP contribution in [-0.2, 0) is 0 Å². The van der Waals surface area contributed by atoms with Crippen LogP contribution in [0, 0.1) is 0 Å². The highest BCUT2D eigenvalue weighted by atomic mass is 32.1. The van der Waals surface area contributed by atoms with E-state index in [1.54, 1.807) is 0 Å². The zero-order chi connectivity index (χ0) is 17.4. The van der Waals surface area contributed by atoms with E-state index in [0.717, 1.165) is 34.4 Å². The van der Waals surface area contributed by atoms with E-state index in [1.165, 1.54) is 11.3 Å². The number of hydrogen-bond acceptors (Lipinski definition) is 5. The number of hydrogen-bond donors (Lipinski definition) is 0. The summed E-state index contributed by atoms with van der Waals surface area (Å²) >= 11 is 1.51. The largest absolute Gasteiger partial charge is 0.422 e. The Labute approximate surface area is 159 Å². The summed E-state index contributed by atoms with van der Waals surface area (Å²) in [7, 11) is 0. The molecule has 2 aromatic heterocycles. The molecule has 6 heteroatoms. The summed E-state index contributed by atoms with van der Waals surface area (Å²) in [6.07, 6.45) is 0. The Kier molecular flexibility index (Phi) is 5.40. The van der Waals surface area contributed by atoms with Crippen LogP contribution in [0.25, 0.3) is 31.8 Å². The van der Waals surface area contributed by atoms with Crippen molar-refractivity contribution in [3.63, 3.8) is 0 Å². The van der Waals surface area contributed by atoms with Gasteiger partial charge in [0.15, 0.2) is 0 Å². The molecule has 134 valence electrons. The van der Waals surface area contributed by atoms with E-state index in [9.17, 15) is 4.79 Å². The van der Waals surface area contributed by atoms with E-state index >= 15 is 0 Å². The van der Waals surface area contributed by atoms with Gasteiger partial charge in [0, 0.05) is 30.2 Å². The van der Waals surface area contributed by atoms with Crippen LogP contribution in [0.1, 0.15) is 13.8 Å². The summed E-state index contributed by atoms with van der Waals surface area (Å²) in [6.45, 7) is 6.05. The Balaban J connectivity index is 0.00000196. The average molecular weight is 384 g/mol. The van der Waals surface area contributed by atoms with Crippen molar-refractivity contribution in [1.82, 2.24) is 4.98 Å². The number of thiazole rings is 1. The Hall–Kier alpha value is -2.23. The lowest BCUT2D eigenvalue weighted by Crippen LogP contribution is -2.21. The van der Waals surface area contributed by atoms with Gasteiger partial charge < -0.3 is 9.32 Å². The second kappa shape index (κ2) is 7.56. The van der Waals surface area contributed by atoms with Gasteiger partial charge in [-0.3, -0.25) is 0 Å². The number of rotatable bonds is 4. The lowest BCUT2D eigenvalue weighted by Gasteiger charge is -2.20. The van der Waals surface area contributed by atoms with E-state index in [4.69, 9.17) is 4.42 Å². The zero-order valence-electron chi connectivity index (χ0n) is 14.9. The van der Waals surface area contributed by atoms with Gasteiger partial charge in [-0.25, -0.2) is 9.78 Å². The van der Waals surface area contributed by atoms with Gasteiger partial charge in [0.05, 0.1) is 15.8 Å². The Morgan fingerprint density at radius 2 is 1.85 bits per heavy atom. The monoisotopic (exact) mass is 384 g/mol. The normalized spacial score (nSPS) is 10.8. The molecule has 0 radical (unpaired) electrons. The molecule has 4 aromatic rings. The van der Waals surface area contributed by atoms with Crippen LogP contribution in [0.2, 0.25) is 0 Å². The first-order chi connectivity index (χ1) is 12.2. The maximum absolute atomic E-state index is 12.5. The molecule has 0 saturated heterocycles. The molecule has 0 saturated carbocycles. The molecule has 0 spiro atoms. The van der Waals surface area contributed by atoms with Crippen LogP contribution in [0.4, 0.5) is 5.69 Å². The van der Waals surface area contributed by atoms with Gasteiger partial charge in [-0.1, -0.05) is 12.1 Å².